The molecular weight excluding hydrogens is 396 g/mol. The fourth-order valence-corrected chi connectivity index (χ4v) is 3.60. The van der Waals surface area contributed by atoms with Crippen molar-refractivity contribution >= 4 is 39.8 Å². The molecule has 0 atom stereocenters. The molecule has 7 heteroatoms. The molecule has 6 nitrogen and oxygen atoms in total. The molecule has 1 heterocycles. The summed E-state index contributed by atoms with van der Waals surface area (Å²) in [6.07, 6.45) is 4.25. The average molecular weight is 423 g/mol. The number of nitrogens with zero attached hydrogens (tertiary/aromatic N) is 1. The van der Waals surface area contributed by atoms with E-state index in [9.17, 15) is 9.59 Å². The van der Waals surface area contributed by atoms with E-state index in [-0.39, 0.29) is 11.9 Å². The average Bonchev–Trinajstić information content (AvgIpc) is 3.19. The summed E-state index contributed by atoms with van der Waals surface area (Å²) in [5, 5.41) is 10.7. The first-order valence-corrected chi connectivity index (χ1v) is 11.0. The number of benzene rings is 2. The molecule has 0 saturated carbocycles. The van der Waals surface area contributed by atoms with Crippen LogP contribution in [-0.2, 0) is 17.6 Å². The van der Waals surface area contributed by atoms with Crippen molar-refractivity contribution in [3.63, 3.8) is 0 Å². The van der Waals surface area contributed by atoms with Gasteiger partial charge in [-0.2, -0.15) is 0 Å². The van der Waals surface area contributed by atoms with Gasteiger partial charge in [0, 0.05) is 23.2 Å². The normalized spacial score (nSPS) is 10.4. The highest BCUT2D eigenvalue weighted by atomic mass is 32.1. The van der Waals surface area contributed by atoms with Crippen molar-refractivity contribution in [2.75, 3.05) is 16.0 Å². The van der Waals surface area contributed by atoms with Gasteiger partial charge in [0.15, 0.2) is 5.13 Å². The Hall–Kier alpha value is -3.19. The number of nitrogens with one attached hydrogen (secondary N) is 3. The number of unbranched alkanes of at least 4 members (excludes halogenated alkanes) is 1. The van der Waals surface area contributed by atoms with Crippen molar-refractivity contribution in [2.24, 2.45) is 0 Å². The summed E-state index contributed by atoms with van der Waals surface area (Å²) in [7, 11) is 0. The summed E-state index contributed by atoms with van der Waals surface area (Å²) in [4.78, 5) is 28.6. The first-order chi connectivity index (χ1) is 14.6. The molecule has 0 bridgehead atoms. The molecule has 2 aromatic carbocycles. The monoisotopic (exact) mass is 422 g/mol. The van der Waals surface area contributed by atoms with Gasteiger partial charge in [-0.1, -0.05) is 43.7 Å². The molecule has 0 spiro atoms. The molecule has 1 aromatic heterocycles. The van der Waals surface area contributed by atoms with E-state index < -0.39 is 0 Å². The van der Waals surface area contributed by atoms with Crippen LogP contribution in [-0.4, -0.2) is 16.9 Å². The highest BCUT2D eigenvalue weighted by Crippen LogP contribution is 2.18. The summed E-state index contributed by atoms with van der Waals surface area (Å²) in [5.74, 6) is -0.0550. The van der Waals surface area contributed by atoms with E-state index >= 15 is 0 Å². The van der Waals surface area contributed by atoms with Crippen molar-refractivity contribution in [3.8, 4) is 0 Å². The minimum atomic E-state index is -0.345. The SMILES string of the molecule is CCCCc1ccc(NC(=O)CCc2csc(NC(=O)Nc3ccccc3)n2)cc1. The van der Waals surface area contributed by atoms with E-state index in [0.717, 1.165) is 17.8 Å². The van der Waals surface area contributed by atoms with Crippen LogP contribution in [0.4, 0.5) is 21.3 Å². The van der Waals surface area contributed by atoms with Crippen LogP contribution in [0.2, 0.25) is 0 Å². The number of aromatic nitrogens is 1. The van der Waals surface area contributed by atoms with Crippen LogP contribution in [0.25, 0.3) is 0 Å². The Kier molecular flexibility index (Phi) is 7.97. The van der Waals surface area contributed by atoms with E-state index in [1.807, 2.05) is 47.8 Å². The Bertz CT molecular complexity index is 955. The molecule has 0 unspecified atom stereocenters. The number of amides is 3. The van der Waals surface area contributed by atoms with E-state index in [1.165, 1.54) is 29.7 Å². The van der Waals surface area contributed by atoms with Gasteiger partial charge < -0.3 is 10.6 Å². The minimum absolute atomic E-state index is 0.0550. The van der Waals surface area contributed by atoms with Crippen molar-refractivity contribution in [2.45, 2.75) is 39.0 Å². The Morgan fingerprint density at radius 2 is 1.63 bits per heavy atom. The maximum atomic E-state index is 12.2. The van der Waals surface area contributed by atoms with Gasteiger partial charge >= 0.3 is 6.03 Å². The van der Waals surface area contributed by atoms with Crippen LogP contribution in [0.1, 0.15) is 37.4 Å². The Morgan fingerprint density at radius 3 is 2.37 bits per heavy atom. The number of hydrogen-bond donors (Lipinski definition) is 3. The lowest BCUT2D eigenvalue weighted by Crippen LogP contribution is -2.19. The Morgan fingerprint density at radius 1 is 0.900 bits per heavy atom. The van der Waals surface area contributed by atoms with Crippen LogP contribution in [0.15, 0.2) is 60.0 Å². The fraction of sp³-hybridized carbons (Fsp3) is 0.261. The van der Waals surface area contributed by atoms with Gasteiger partial charge in [0.05, 0.1) is 5.69 Å². The topological polar surface area (TPSA) is 83.1 Å². The van der Waals surface area contributed by atoms with Gasteiger partial charge in [-0.3, -0.25) is 10.1 Å². The van der Waals surface area contributed by atoms with Crippen LogP contribution < -0.4 is 16.0 Å². The number of aryl methyl sites for hydroxylation is 2. The molecule has 3 rings (SSSR count). The highest BCUT2D eigenvalue weighted by molar-refractivity contribution is 7.13. The quantitative estimate of drug-likeness (QED) is 0.413. The number of carbonyl (C=O) groups is 2. The number of hydrogen-bond acceptors (Lipinski definition) is 4. The molecule has 0 aliphatic carbocycles. The molecule has 156 valence electrons. The van der Waals surface area contributed by atoms with Gasteiger partial charge in [0.1, 0.15) is 0 Å². The number of thiazole rings is 1. The first-order valence-electron chi connectivity index (χ1n) is 10.1. The lowest BCUT2D eigenvalue weighted by Gasteiger charge is -2.06. The summed E-state index contributed by atoms with van der Waals surface area (Å²) in [6.45, 7) is 2.18. The zero-order valence-electron chi connectivity index (χ0n) is 17.0. The molecule has 3 N–H and O–H groups in total. The Labute approximate surface area is 180 Å². The van der Waals surface area contributed by atoms with E-state index in [2.05, 4.69) is 40.0 Å². The predicted octanol–water partition coefficient (Wildman–Crippen LogP) is 5.70. The molecule has 0 radical (unpaired) electrons. The maximum absolute atomic E-state index is 12.2. The van der Waals surface area contributed by atoms with Crippen molar-refractivity contribution in [1.82, 2.24) is 4.98 Å². The lowest BCUT2D eigenvalue weighted by molar-refractivity contribution is -0.116. The molecule has 0 aliphatic rings. The fourth-order valence-electron chi connectivity index (χ4n) is 2.86. The molecule has 0 aliphatic heterocycles. The predicted molar refractivity (Wildman–Crippen MR) is 123 cm³/mol. The molecule has 0 saturated heterocycles. The lowest BCUT2D eigenvalue weighted by atomic mass is 10.1. The second-order valence-corrected chi connectivity index (χ2v) is 7.80. The number of carbonyl (C=O) groups excluding carboxylic acids is 2. The molecule has 30 heavy (non-hydrogen) atoms. The molecular formula is C23H26N4O2S. The van der Waals surface area contributed by atoms with Crippen LogP contribution in [0.3, 0.4) is 0 Å². The standard InChI is InChI=1S/C23H26N4O2S/c1-2-3-7-17-10-12-19(13-11-17)24-21(28)15-14-20-16-30-23(26-20)27-22(29)25-18-8-5-4-6-9-18/h4-6,8-13,16H,2-3,7,14-15H2,1H3,(H,24,28)(H2,25,26,27,29). The van der Waals surface area contributed by atoms with Gasteiger partial charge in [-0.15, -0.1) is 11.3 Å². The zero-order valence-corrected chi connectivity index (χ0v) is 17.8. The summed E-state index contributed by atoms with van der Waals surface area (Å²) in [6, 6.07) is 16.9. The van der Waals surface area contributed by atoms with Gasteiger partial charge in [-0.05, 0) is 49.1 Å². The van der Waals surface area contributed by atoms with Gasteiger partial charge in [0.2, 0.25) is 5.91 Å². The number of urea groups is 1. The summed E-state index contributed by atoms with van der Waals surface area (Å²) < 4.78 is 0. The highest BCUT2D eigenvalue weighted by Gasteiger charge is 2.09. The molecule has 3 aromatic rings. The zero-order chi connectivity index (χ0) is 21.2. The summed E-state index contributed by atoms with van der Waals surface area (Å²) >= 11 is 1.34. The summed E-state index contributed by atoms with van der Waals surface area (Å²) in [5.41, 5.74) is 3.58. The maximum Gasteiger partial charge on any atom is 0.325 e. The largest absolute Gasteiger partial charge is 0.326 e. The van der Waals surface area contributed by atoms with E-state index in [4.69, 9.17) is 0 Å². The van der Waals surface area contributed by atoms with E-state index in [0.29, 0.717) is 23.7 Å². The van der Waals surface area contributed by atoms with E-state index in [1.54, 1.807) is 0 Å². The second-order valence-electron chi connectivity index (χ2n) is 6.94. The third-order valence-electron chi connectivity index (χ3n) is 4.47. The number of rotatable bonds is 9. The third-order valence-corrected chi connectivity index (χ3v) is 5.28. The van der Waals surface area contributed by atoms with Crippen molar-refractivity contribution in [1.29, 1.82) is 0 Å². The second kappa shape index (κ2) is 11.1. The first kappa shape index (κ1) is 21.5. The van der Waals surface area contributed by atoms with Crippen molar-refractivity contribution < 1.29 is 9.59 Å². The number of anilines is 3. The molecule has 3 amide bonds. The van der Waals surface area contributed by atoms with Gasteiger partial charge in [0.25, 0.3) is 0 Å². The third kappa shape index (κ3) is 7.00. The minimum Gasteiger partial charge on any atom is -0.326 e. The molecule has 0 fully saturated rings. The smallest absolute Gasteiger partial charge is 0.325 e. The Balaban J connectivity index is 1.42. The van der Waals surface area contributed by atoms with Crippen LogP contribution in [0.5, 0.6) is 0 Å². The number of para-hydroxylation sites is 1. The van der Waals surface area contributed by atoms with Gasteiger partial charge in [-0.25, -0.2) is 9.78 Å². The van der Waals surface area contributed by atoms with Crippen LogP contribution in [0, 0.1) is 0 Å². The van der Waals surface area contributed by atoms with Crippen molar-refractivity contribution in [3.05, 3.63) is 71.2 Å². The van der Waals surface area contributed by atoms with Crippen LogP contribution >= 0.6 is 11.3 Å².